The van der Waals surface area contributed by atoms with E-state index >= 15 is 0 Å². The molecule has 0 bridgehead atoms. The number of aliphatic imine (C=N–C) groups is 1. The van der Waals surface area contributed by atoms with Gasteiger partial charge in [0, 0.05) is 12.8 Å². The van der Waals surface area contributed by atoms with E-state index in [-0.39, 0.29) is 0 Å². The molecule has 0 radical (unpaired) electrons. The van der Waals surface area contributed by atoms with E-state index in [1.165, 1.54) is 11.0 Å². The summed E-state index contributed by atoms with van der Waals surface area (Å²) in [4.78, 5) is 5.09. The first-order valence-corrected chi connectivity index (χ1v) is 3.71. The fourth-order valence-corrected chi connectivity index (χ4v) is 0.881. The van der Waals surface area contributed by atoms with Gasteiger partial charge >= 0.3 is 7.25 Å². The number of nitrogens with zero attached hydrogens (tertiary/aromatic N) is 2. The van der Waals surface area contributed by atoms with E-state index in [1.54, 1.807) is 12.3 Å². The third-order valence-electron chi connectivity index (χ3n) is 1.40. The van der Waals surface area contributed by atoms with E-state index in [9.17, 15) is 0 Å². The fraction of sp³-hybridized carbons (Fsp3) is 0.500. The quantitative estimate of drug-likeness (QED) is 0.543. The standard InChI is InChI=1S/C6H11BN2O3/c1-2-12-6-8-4-3-5-9(6)7(10)11/h3-6,10-11H,2H2,1H3. The number of hydrogen-bond donors (Lipinski definition) is 2. The van der Waals surface area contributed by atoms with Gasteiger partial charge in [0.25, 0.3) is 0 Å². The van der Waals surface area contributed by atoms with Crippen molar-refractivity contribution in [1.29, 1.82) is 0 Å². The molecule has 0 spiro atoms. The summed E-state index contributed by atoms with van der Waals surface area (Å²) < 4.78 is 5.11. The topological polar surface area (TPSA) is 65.3 Å². The number of allylic oxidation sites excluding steroid dienone is 1. The molecule has 0 aromatic rings. The third-order valence-corrected chi connectivity index (χ3v) is 1.40. The van der Waals surface area contributed by atoms with Crippen LogP contribution < -0.4 is 0 Å². The van der Waals surface area contributed by atoms with Crippen LogP contribution >= 0.6 is 0 Å². The van der Waals surface area contributed by atoms with Crippen LogP contribution in [0.3, 0.4) is 0 Å². The first kappa shape index (κ1) is 9.24. The third kappa shape index (κ3) is 2.07. The zero-order valence-electron chi connectivity index (χ0n) is 6.79. The van der Waals surface area contributed by atoms with Crippen molar-refractivity contribution in [2.75, 3.05) is 6.61 Å². The summed E-state index contributed by atoms with van der Waals surface area (Å²) in [6.45, 7) is 2.29. The van der Waals surface area contributed by atoms with Crippen LogP contribution in [0.15, 0.2) is 17.3 Å². The molecule has 12 heavy (non-hydrogen) atoms. The zero-order valence-corrected chi connectivity index (χ0v) is 6.79. The Bertz CT molecular complexity index is 195. The molecule has 66 valence electrons. The molecule has 5 nitrogen and oxygen atoms in total. The highest BCUT2D eigenvalue weighted by Crippen LogP contribution is 2.07. The van der Waals surface area contributed by atoms with E-state index in [1.807, 2.05) is 6.92 Å². The van der Waals surface area contributed by atoms with Gasteiger partial charge in [-0.2, -0.15) is 0 Å². The lowest BCUT2D eigenvalue weighted by atomic mass is 10.1. The van der Waals surface area contributed by atoms with Gasteiger partial charge in [0.1, 0.15) is 0 Å². The van der Waals surface area contributed by atoms with Crippen LogP contribution in [0.1, 0.15) is 6.92 Å². The predicted molar refractivity (Wildman–Crippen MR) is 45.1 cm³/mol. The molecule has 1 atom stereocenters. The van der Waals surface area contributed by atoms with Gasteiger partial charge in [-0.1, -0.05) is 0 Å². The van der Waals surface area contributed by atoms with Crippen molar-refractivity contribution in [3.63, 3.8) is 0 Å². The van der Waals surface area contributed by atoms with Gasteiger partial charge in [0.2, 0.25) is 6.35 Å². The van der Waals surface area contributed by atoms with Crippen LogP contribution in [0.4, 0.5) is 0 Å². The lowest BCUT2D eigenvalue weighted by molar-refractivity contribution is -0.00421. The molecule has 0 amide bonds. The van der Waals surface area contributed by atoms with Crippen LogP contribution in [0.2, 0.25) is 0 Å². The summed E-state index contributed by atoms with van der Waals surface area (Å²) in [6, 6.07) is 0. The maximum Gasteiger partial charge on any atom is 0.590 e. The van der Waals surface area contributed by atoms with Crippen LogP contribution in [-0.4, -0.2) is 41.3 Å². The summed E-state index contributed by atoms with van der Waals surface area (Å²) in [5.41, 5.74) is 0. The largest absolute Gasteiger partial charge is 0.590 e. The molecule has 1 unspecified atom stereocenters. The van der Waals surface area contributed by atoms with Crippen molar-refractivity contribution >= 4 is 13.5 Å². The summed E-state index contributed by atoms with van der Waals surface area (Å²) in [5, 5.41) is 17.7. The molecule has 1 aliphatic rings. The Labute approximate surface area is 71.1 Å². The molecule has 0 saturated carbocycles. The molecule has 1 rings (SSSR count). The Morgan fingerprint density at radius 1 is 1.67 bits per heavy atom. The van der Waals surface area contributed by atoms with E-state index in [0.717, 1.165) is 0 Å². The van der Waals surface area contributed by atoms with Gasteiger partial charge in [-0.3, -0.25) is 0 Å². The molecule has 2 N–H and O–H groups in total. The minimum absolute atomic E-state index is 0.471. The first-order chi connectivity index (χ1) is 5.75. The Morgan fingerprint density at radius 3 is 3.00 bits per heavy atom. The number of ether oxygens (including phenoxy) is 1. The van der Waals surface area contributed by atoms with Crippen molar-refractivity contribution in [2.45, 2.75) is 13.3 Å². The van der Waals surface area contributed by atoms with Gasteiger partial charge in [-0.05, 0) is 19.2 Å². The molecular weight excluding hydrogens is 159 g/mol. The monoisotopic (exact) mass is 170 g/mol. The fourth-order valence-electron chi connectivity index (χ4n) is 0.881. The van der Waals surface area contributed by atoms with Crippen molar-refractivity contribution in [3.05, 3.63) is 12.3 Å². The molecule has 0 saturated heterocycles. The van der Waals surface area contributed by atoms with Crippen LogP contribution in [0.25, 0.3) is 0 Å². The average Bonchev–Trinajstić information content (AvgIpc) is 2.05. The summed E-state index contributed by atoms with van der Waals surface area (Å²) in [7, 11) is -1.57. The van der Waals surface area contributed by atoms with E-state index in [2.05, 4.69) is 4.99 Å². The van der Waals surface area contributed by atoms with Crippen LogP contribution in [0.5, 0.6) is 0 Å². The highest BCUT2D eigenvalue weighted by molar-refractivity contribution is 6.38. The average molecular weight is 170 g/mol. The second-order valence-electron chi connectivity index (χ2n) is 2.21. The lowest BCUT2D eigenvalue weighted by Crippen LogP contribution is -2.44. The predicted octanol–water partition coefficient (Wildman–Crippen LogP) is -0.824. The molecular formula is C6H11BN2O3. The molecule has 6 heteroatoms. The van der Waals surface area contributed by atoms with E-state index < -0.39 is 13.6 Å². The van der Waals surface area contributed by atoms with E-state index in [4.69, 9.17) is 14.8 Å². The second-order valence-corrected chi connectivity index (χ2v) is 2.21. The van der Waals surface area contributed by atoms with Crippen LogP contribution in [-0.2, 0) is 4.74 Å². The van der Waals surface area contributed by atoms with Crippen molar-refractivity contribution in [2.24, 2.45) is 4.99 Å². The molecule has 1 heterocycles. The molecule has 0 aromatic heterocycles. The maximum atomic E-state index is 8.85. The van der Waals surface area contributed by atoms with Gasteiger partial charge in [-0.15, -0.1) is 0 Å². The van der Waals surface area contributed by atoms with Gasteiger partial charge in [-0.25, -0.2) is 4.99 Å². The molecule has 1 aliphatic heterocycles. The summed E-state index contributed by atoms with van der Waals surface area (Å²) in [6.07, 6.45) is 4.05. The lowest BCUT2D eigenvalue weighted by Gasteiger charge is -2.27. The summed E-state index contributed by atoms with van der Waals surface area (Å²) in [5.74, 6) is 0. The Hall–Kier alpha value is -0.845. The second kappa shape index (κ2) is 4.25. The highest BCUT2D eigenvalue weighted by Gasteiger charge is 2.26. The first-order valence-electron chi connectivity index (χ1n) is 3.71. The van der Waals surface area contributed by atoms with Gasteiger partial charge in [0.05, 0.1) is 0 Å². The summed E-state index contributed by atoms with van der Waals surface area (Å²) >= 11 is 0. The molecule has 0 fully saturated rings. The minimum atomic E-state index is -1.57. The zero-order chi connectivity index (χ0) is 8.97. The highest BCUT2D eigenvalue weighted by atomic mass is 16.5. The van der Waals surface area contributed by atoms with Crippen molar-refractivity contribution < 1.29 is 14.8 Å². The SMILES string of the molecule is CCOC1N=CC=CN1B(O)O. The van der Waals surface area contributed by atoms with Gasteiger partial charge < -0.3 is 19.6 Å². The van der Waals surface area contributed by atoms with Gasteiger partial charge in [0.15, 0.2) is 0 Å². The minimum Gasteiger partial charge on any atom is -0.408 e. The van der Waals surface area contributed by atoms with Crippen molar-refractivity contribution in [1.82, 2.24) is 4.81 Å². The van der Waals surface area contributed by atoms with Crippen molar-refractivity contribution in [3.8, 4) is 0 Å². The Balaban J connectivity index is 2.57. The normalized spacial score (nSPS) is 21.6. The molecule has 0 aliphatic carbocycles. The Kier molecular flexibility index (Phi) is 3.27. The molecule has 0 aromatic carbocycles. The number of hydrogen-bond acceptors (Lipinski definition) is 5. The maximum absolute atomic E-state index is 8.85. The smallest absolute Gasteiger partial charge is 0.408 e. The van der Waals surface area contributed by atoms with E-state index in [0.29, 0.717) is 6.61 Å². The van der Waals surface area contributed by atoms with Crippen LogP contribution in [0, 0.1) is 0 Å². The Morgan fingerprint density at radius 2 is 2.42 bits per heavy atom. The number of rotatable bonds is 3.